The van der Waals surface area contributed by atoms with E-state index in [-0.39, 0.29) is 59.1 Å². The summed E-state index contributed by atoms with van der Waals surface area (Å²) < 4.78 is 32.9. The van der Waals surface area contributed by atoms with Crippen LogP contribution >= 0.6 is 0 Å². The zero-order chi connectivity index (χ0) is 19.1. The topological polar surface area (TPSA) is 135 Å². The zero-order valence-corrected chi connectivity index (χ0v) is 21.6. The molecule has 142 valence electrons. The zero-order valence-electron chi connectivity index (χ0n) is 16.8. The van der Waals surface area contributed by atoms with Crippen LogP contribution in [0.5, 0.6) is 0 Å². The van der Waals surface area contributed by atoms with Crippen LogP contribution in [0.25, 0.3) is 0 Å². The number of rotatable bonds is 12. The van der Waals surface area contributed by atoms with E-state index in [4.69, 9.17) is 0 Å². The fourth-order valence-corrected chi connectivity index (χ4v) is 4.87. The van der Waals surface area contributed by atoms with Crippen LogP contribution in [0.15, 0.2) is 0 Å². The number of carbonyl (C=O) groups excluding carboxylic acids is 2. The van der Waals surface area contributed by atoms with Crippen LogP contribution in [0.3, 0.4) is 0 Å². The van der Waals surface area contributed by atoms with Crippen LogP contribution in [-0.4, -0.2) is 30.2 Å². The van der Waals surface area contributed by atoms with Crippen molar-refractivity contribution < 1.29 is 91.9 Å². The molecule has 0 radical (unpaired) electrons. The standard InChI is InChI=1S/C16H30O7S.2Na/c1-5-7-9-11(3)16(15(19)20,12(4)10-8-6-2)13(14(17)18)24(21,22)23;;/h11-13H,5-10H2,1-4H3,(H,17,18)(H,19,20)(H,21,22,23);;/q;2*+1/p-2. The van der Waals surface area contributed by atoms with Crippen LogP contribution in [0.1, 0.15) is 66.2 Å². The van der Waals surface area contributed by atoms with Gasteiger partial charge in [-0.15, -0.1) is 0 Å². The quantitative estimate of drug-likeness (QED) is 0.250. The Morgan fingerprint density at radius 3 is 1.50 bits per heavy atom. The summed E-state index contributed by atoms with van der Waals surface area (Å²) in [7, 11) is -5.19. The van der Waals surface area contributed by atoms with E-state index in [2.05, 4.69) is 0 Å². The van der Waals surface area contributed by atoms with Crippen molar-refractivity contribution in [3.63, 3.8) is 0 Å². The molecule has 0 rings (SSSR count). The summed E-state index contributed by atoms with van der Waals surface area (Å²) in [6.07, 6.45) is 3.28. The smallest absolute Gasteiger partial charge is 0.549 e. The van der Waals surface area contributed by atoms with E-state index in [0.29, 0.717) is 25.7 Å². The Bertz CT molecular complexity index is 523. The summed E-state index contributed by atoms with van der Waals surface area (Å²) in [6, 6.07) is 0. The molecule has 0 saturated carbocycles. The molecule has 0 amide bonds. The third-order valence-corrected chi connectivity index (χ3v) is 6.09. The summed E-state index contributed by atoms with van der Waals surface area (Å²) in [5.74, 6) is -5.53. The van der Waals surface area contributed by atoms with Crippen LogP contribution in [0, 0.1) is 17.3 Å². The van der Waals surface area contributed by atoms with Crippen molar-refractivity contribution in [3.8, 4) is 0 Å². The average molecular weight is 410 g/mol. The van der Waals surface area contributed by atoms with Gasteiger partial charge in [0.1, 0.15) is 5.25 Å². The maximum atomic E-state index is 12.0. The minimum atomic E-state index is -5.19. The molecule has 0 spiro atoms. The number of unbranched alkanes of at least 4 members (excludes halogenated alkanes) is 2. The Hall–Kier alpha value is 0.850. The number of carbonyl (C=O) groups is 2. The van der Waals surface area contributed by atoms with E-state index in [0.717, 1.165) is 12.8 Å². The van der Waals surface area contributed by atoms with E-state index in [1.807, 2.05) is 13.8 Å². The monoisotopic (exact) mass is 410 g/mol. The Balaban J connectivity index is -0.00000264. The number of hydrogen-bond donors (Lipinski definition) is 1. The van der Waals surface area contributed by atoms with Crippen molar-refractivity contribution in [1.82, 2.24) is 0 Å². The second-order valence-electron chi connectivity index (χ2n) is 6.52. The van der Waals surface area contributed by atoms with E-state index in [1.165, 1.54) is 13.8 Å². The van der Waals surface area contributed by atoms with Gasteiger partial charge in [0.05, 0.1) is 5.97 Å². The predicted molar refractivity (Wildman–Crippen MR) is 85.2 cm³/mol. The molecular weight excluding hydrogens is 382 g/mol. The molecule has 0 aliphatic heterocycles. The molecule has 10 heteroatoms. The third kappa shape index (κ3) is 7.70. The summed E-state index contributed by atoms with van der Waals surface area (Å²) in [5, 5.41) is 21.0. The largest absolute Gasteiger partial charge is 1.00 e. The van der Waals surface area contributed by atoms with Crippen molar-refractivity contribution in [2.45, 2.75) is 71.5 Å². The van der Waals surface area contributed by atoms with Crippen LogP contribution in [0.2, 0.25) is 0 Å². The van der Waals surface area contributed by atoms with Crippen molar-refractivity contribution in [2.24, 2.45) is 17.3 Å². The first kappa shape index (κ1) is 31.5. The van der Waals surface area contributed by atoms with Crippen LogP contribution < -0.4 is 69.3 Å². The summed E-state index contributed by atoms with van der Waals surface area (Å²) in [5.41, 5.74) is -2.25. The molecule has 0 bridgehead atoms. The van der Waals surface area contributed by atoms with Gasteiger partial charge in [-0.2, -0.15) is 8.42 Å². The first-order chi connectivity index (χ1) is 11.0. The van der Waals surface area contributed by atoms with Gasteiger partial charge in [0.2, 0.25) is 0 Å². The Kier molecular flexibility index (Phi) is 16.9. The molecular formula is C16H28Na2O7S. The number of carboxylic acid groups (broad SMARTS) is 2. The minimum absolute atomic E-state index is 0. The van der Waals surface area contributed by atoms with Gasteiger partial charge in [0.15, 0.2) is 0 Å². The second-order valence-corrected chi connectivity index (χ2v) is 8.02. The molecule has 26 heavy (non-hydrogen) atoms. The van der Waals surface area contributed by atoms with E-state index < -0.39 is 44.6 Å². The molecule has 0 aromatic heterocycles. The molecule has 1 N–H and O–H groups in total. The first-order valence-electron chi connectivity index (χ1n) is 8.36. The SMILES string of the molecule is CCCCC(C)C(C(=O)[O-])(C(C)CCCC)C(C(=O)[O-])S(=O)(=O)O.[Na+].[Na+]. The van der Waals surface area contributed by atoms with Gasteiger partial charge in [0, 0.05) is 11.4 Å². The molecule has 0 fully saturated rings. The molecule has 0 saturated heterocycles. The predicted octanol–water partition coefficient (Wildman–Crippen LogP) is -5.61. The van der Waals surface area contributed by atoms with E-state index in [9.17, 15) is 32.8 Å². The van der Waals surface area contributed by atoms with Gasteiger partial charge < -0.3 is 19.8 Å². The average Bonchev–Trinajstić information content (AvgIpc) is 2.45. The minimum Gasteiger partial charge on any atom is -0.549 e. The number of carboxylic acids is 2. The van der Waals surface area contributed by atoms with Gasteiger partial charge in [-0.3, -0.25) is 4.55 Å². The van der Waals surface area contributed by atoms with Crippen LogP contribution in [0.4, 0.5) is 0 Å². The van der Waals surface area contributed by atoms with Gasteiger partial charge in [0.25, 0.3) is 10.1 Å². The summed E-state index contributed by atoms with van der Waals surface area (Å²) in [4.78, 5) is 23.6. The molecule has 3 unspecified atom stereocenters. The number of hydrogen-bond acceptors (Lipinski definition) is 6. The molecule has 0 aliphatic rings. The number of aliphatic carboxylic acids is 2. The second kappa shape index (κ2) is 13.9. The van der Waals surface area contributed by atoms with Crippen molar-refractivity contribution in [1.29, 1.82) is 0 Å². The van der Waals surface area contributed by atoms with E-state index in [1.54, 1.807) is 0 Å². The molecule has 0 aromatic rings. The Morgan fingerprint density at radius 1 is 0.962 bits per heavy atom. The molecule has 7 nitrogen and oxygen atoms in total. The van der Waals surface area contributed by atoms with Crippen molar-refractivity contribution >= 4 is 22.1 Å². The third-order valence-electron chi connectivity index (χ3n) is 4.91. The maximum absolute atomic E-state index is 12.0. The van der Waals surface area contributed by atoms with E-state index >= 15 is 0 Å². The van der Waals surface area contributed by atoms with Gasteiger partial charge in [-0.25, -0.2) is 0 Å². The molecule has 0 heterocycles. The Morgan fingerprint density at radius 2 is 1.31 bits per heavy atom. The van der Waals surface area contributed by atoms with Gasteiger partial charge in [-0.1, -0.05) is 53.4 Å². The van der Waals surface area contributed by atoms with Gasteiger partial charge in [-0.05, 0) is 24.7 Å². The summed E-state index contributed by atoms with van der Waals surface area (Å²) in [6.45, 7) is 6.75. The fraction of sp³-hybridized carbons (Fsp3) is 0.875. The van der Waals surface area contributed by atoms with Crippen molar-refractivity contribution in [2.75, 3.05) is 0 Å². The normalized spacial score (nSPS) is 17.0. The maximum Gasteiger partial charge on any atom is 1.00 e. The van der Waals surface area contributed by atoms with Crippen LogP contribution in [-0.2, 0) is 19.7 Å². The molecule has 3 atom stereocenters. The molecule has 0 aliphatic carbocycles. The summed E-state index contributed by atoms with van der Waals surface area (Å²) >= 11 is 0. The van der Waals surface area contributed by atoms with Gasteiger partial charge >= 0.3 is 59.1 Å². The first-order valence-corrected chi connectivity index (χ1v) is 9.86. The Labute approximate surface area is 201 Å². The molecule has 0 aromatic carbocycles. The fourth-order valence-electron chi connectivity index (χ4n) is 3.57. The van der Waals surface area contributed by atoms with Crippen molar-refractivity contribution in [3.05, 3.63) is 0 Å².